The number of nitrogens with one attached hydrogen (secondary N) is 2. The molecule has 7 heteroatoms. The lowest BCUT2D eigenvalue weighted by Gasteiger charge is -2.29. The Kier molecular flexibility index (Phi) is 5.96. The first-order valence-electron chi connectivity index (χ1n) is 6.26. The molecule has 0 amide bonds. The Balaban J connectivity index is 0.00000200. The average Bonchev–Trinajstić information content (AvgIpc) is 2.41. The van der Waals surface area contributed by atoms with E-state index in [0.717, 1.165) is 19.5 Å². The van der Waals surface area contributed by atoms with E-state index in [-0.39, 0.29) is 29.3 Å². The molecule has 1 aliphatic rings. The van der Waals surface area contributed by atoms with Gasteiger partial charge in [0, 0.05) is 6.04 Å². The second-order valence-electron chi connectivity index (χ2n) is 4.83. The monoisotopic (exact) mass is 315 g/mol. The molecule has 0 radical (unpaired) electrons. The fourth-order valence-corrected chi connectivity index (χ4v) is 3.54. The maximum atomic E-state index is 12.2. The number of hydrogen-bond acceptors (Lipinski definition) is 4. The Morgan fingerprint density at radius 2 is 2.00 bits per heavy atom. The molecular formula is C13H18ClN3O2S. The summed E-state index contributed by atoms with van der Waals surface area (Å²) in [5.41, 5.74) is 0.453. The van der Waals surface area contributed by atoms with Crippen molar-refractivity contribution >= 4 is 22.4 Å². The molecule has 2 N–H and O–H groups in total. The number of piperidine rings is 1. The predicted octanol–water partition coefficient (Wildman–Crippen LogP) is 1.26. The normalized spacial score (nSPS) is 22.6. The van der Waals surface area contributed by atoms with Crippen LogP contribution in [-0.4, -0.2) is 27.5 Å². The molecule has 2 unspecified atom stereocenters. The largest absolute Gasteiger partial charge is 0.316 e. The fraction of sp³-hybridized carbons (Fsp3) is 0.462. The summed E-state index contributed by atoms with van der Waals surface area (Å²) in [5.74, 6) is 0.266. The van der Waals surface area contributed by atoms with Crippen molar-refractivity contribution in [1.82, 2.24) is 10.0 Å². The zero-order chi connectivity index (χ0) is 13.9. The minimum Gasteiger partial charge on any atom is -0.316 e. The van der Waals surface area contributed by atoms with Crippen molar-refractivity contribution < 1.29 is 8.42 Å². The van der Waals surface area contributed by atoms with E-state index in [2.05, 4.69) is 10.0 Å². The molecule has 2 atom stereocenters. The van der Waals surface area contributed by atoms with Crippen molar-refractivity contribution in [3.63, 3.8) is 0 Å². The third-order valence-electron chi connectivity index (χ3n) is 3.39. The number of hydrogen-bond donors (Lipinski definition) is 2. The second-order valence-corrected chi connectivity index (χ2v) is 6.55. The Bertz CT molecular complexity index is 581. The van der Waals surface area contributed by atoms with E-state index in [4.69, 9.17) is 5.26 Å². The van der Waals surface area contributed by atoms with E-state index >= 15 is 0 Å². The van der Waals surface area contributed by atoms with Crippen molar-refractivity contribution in [3.05, 3.63) is 29.8 Å². The minimum atomic E-state index is -3.50. The number of rotatable bonds is 3. The van der Waals surface area contributed by atoms with E-state index < -0.39 is 10.0 Å². The predicted molar refractivity (Wildman–Crippen MR) is 79.2 cm³/mol. The molecule has 110 valence electrons. The summed E-state index contributed by atoms with van der Waals surface area (Å²) in [6.07, 6.45) is 0.788. The zero-order valence-corrected chi connectivity index (χ0v) is 12.8. The van der Waals surface area contributed by atoms with Gasteiger partial charge in [0.2, 0.25) is 10.0 Å². The summed E-state index contributed by atoms with van der Waals surface area (Å²) in [4.78, 5) is 0.206. The van der Waals surface area contributed by atoms with Gasteiger partial charge < -0.3 is 5.32 Å². The summed E-state index contributed by atoms with van der Waals surface area (Å²) >= 11 is 0. The number of sulfonamides is 1. The SMILES string of the molecule is CC1CNCCC1NS(=O)(=O)c1ccc(C#N)cc1.Cl. The van der Waals surface area contributed by atoms with Gasteiger partial charge in [-0.3, -0.25) is 0 Å². The van der Waals surface area contributed by atoms with Crippen LogP contribution in [0.1, 0.15) is 18.9 Å². The van der Waals surface area contributed by atoms with Crippen LogP contribution in [0.5, 0.6) is 0 Å². The Hall–Kier alpha value is -1.13. The average molecular weight is 316 g/mol. The van der Waals surface area contributed by atoms with Crippen LogP contribution in [0.2, 0.25) is 0 Å². The van der Waals surface area contributed by atoms with Crippen LogP contribution in [0.3, 0.4) is 0 Å². The van der Waals surface area contributed by atoms with Crippen molar-refractivity contribution in [2.45, 2.75) is 24.3 Å². The quantitative estimate of drug-likeness (QED) is 0.879. The molecule has 1 aromatic carbocycles. The maximum Gasteiger partial charge on any atom is 0.240 e. The van der Waals surface area contributed by atoms with Gasteiger partial charge in [0.15, 0.2) is 0 Å². The van der Waals surface area contributed by atoms with Gasteiger partial charge >= 0.3 is 0 Å². The molecule has 20 heavy (non-hydrogen) atoms. The topological polar surface area (TPSA) is 82.0 Å². The second kappa shape index (κ2) is 7.04. The first-order valence-corrected chi connectivity index (χ1v) is 7.74. The number of nitrogens with zero attached hydrogens (tertiary/aromatic N) is 1. The highest BCUT2D eigenvalue weighted by molar-refractivity contribution is 7.89. The number of nitriles is 1. The van der Waals surface area contributed by atoms with Gasteiger partial charge in [0.25, 0.3) is 0 Å². The van der Waals surface area contributed by atoms with Gasteiger partial charge in [0.05, 0.1) is 16.5 Å². The van der Waals surface area contributed by atoms with Gasteiger partial charge in [-0.25, -0.2) is 13.1 Å². The molecule has 0 bridgehead atoms. The highest BCUT2D eigenvalue weighted by Gasteiger charge is 2.26. The van der Waals surface area contributed by atoms with Crippen molar-refractivity contribution in [2.24, 2.45) is 5.92 Å². The van der Waals surface area contributed by atoms with Crippen LogP contribution in [0.15, 0.2) is 29.2 Å². The first-order chi connectivity index (χ1) is 9.03. The van der Waals surface area contributed by atoms with E-state index in [1.807, 2.05) is 13.0 Å². The molecule has 0 aromatic heterocycles. The molecule has 0 aliphatic carbocycles. The standard InChI is InChI=1S/C13H17N3O2S.ClH/c1-10-9-15-7-6-13(10)16-19(17,18)12-4-2-11(8-14)3-5-12;/h2-5,10,13,15-16H,6-7,9H2,1H3;1H. The lowest BCUT2D eigenvalue weighted by molar-refractivity contribution is 0.328. The molecule has 1 fully saturated rings. The fourth-order valence-electron chi connectivity index (χ4n) is 2.17. The summed E-state index contributed by atoms with van der Waals surface area (Å²) in [6.45, 7) is 3.67. The van der Waals surface area contributed by atoms with Crippen LogP contribution in [0.4, 0.5) is 0 Å². The van der Waals surface area contributed by atoms with Crippen LogP contribution in [-0.2, 0) is 10.0 Å². The van der Waals surface area contributed by atoms with Crippen molar-refractivity contribution in [1.29, 1.82) is 5.26 Å². The summed E-state index contributed by atoms with van der Waals surface area (Å²) in [7, 11) is -3.50. The highest BCUT2D eigenvalue weighted by atomic mass is 35.5. The summed E-state index contributed by atoms with van der Waals surface area (Å²) in [6, 6.07) is 7.89. The van der Waals surface area contributed by atoms with E-state index in [1.165, 1.54) is 24.3 Å². The molecular weight excluding hydrogens is 298 g/mol. The van der Waals surface area contributed by atoms with Crippen LogP contribution in [0, 0.1) is 17.2 Å². The van der Waals surface area contributed by atoms with Gasteiger partial charge in [-0.2, -0.15) is 5.26 Å². The van der Waals surface area contributed by atoms with E-state index in [9.17, 15) is 8.42 Å². The smallest absolute Gasteiger partial charge is 0.240 e. The highest BCUT2D eigenvalue weighted by Crippen LogP contribution is 2.16. The lowest BCUT2D eigenvalue weighted by Crippen LogP contribution is -2.48. The van der Waals surface area contributed by atoms with Gasteiger partial charge in [-0.05, 0) is 49.7 Å². The Morgan fingerprint density at radius 3 is 2.55 bits per heavy atom. The van der Waals surface area contributed by atoms with Gasteiger partial charge in [0.1, 0.15) is 0 Å². The van der Waals surface area contributed by atoms with Crippen molar-refractivity contribution in [2.75, 3.05) is 13.1 Å². The molecule has 5 nitrogen and oxygen atoms in total. The number of halogens is 1. The maximum absolute atomic E-state index is 12.2. The van der Waals surface area contributed by atoms with Crippen LogP contribution < -0.4 is 10.0 Å². The molecule has 1 aliphatic heterocycles. The molecule has 0 spiro atoms. The summed E-state index contributed by atoms with van der Waals surface area (Å²) in [5, 5.41) is 11.9. The molecule has 1 heterocycles. The minimum absolute atomic E-state index is 0. The molecule has 0 saturated carbocycles. The summed E-state index contributed by atoms with van der Waals surface area (Å²) < 4.78 is 27.2. The van der Waals surface area contributed by atoms with E-state index in [0.29, 0.717) is 5.56 Å². The first kappa shape index (κ1) is 16.9. The van der Waals surface area contributed by atoms with Gasteiger partial charge in [-0.1, -0.05) is 6.92 Å². The van der Waals surface area contributed by atoms with E-state index in [1.54, 1.807) is 0 Å². The number of benzene rings is 1. The third kappa shape index (κ3) is 3.93. The van der Waals surface area contributed by atoms with Crippen molar-refractivity contribution in [3.8, 4) is 6.07 Å². The molecule has 1 aromatic rings. The van der Waals surface area contributed by atoms with Crippen LogP contribution >= 0.6 is 12.4 Å². The zero-order valence-electron chi connectivity index (χ0n) is 11.2. The third-order valence-corrected chi connectivity index (χ3v) is 4.89. The Labute approximate surface area is 125 Å². The molecule has 2 rings (SSSR count). The Morgan fingerprint density at radius 1 is 1.35 bits per heavy atom. The van der Waals surface area contributed by atoms with Gasteiger partial charge in [-0.15, -0.1) is 12.4 Å². The lowest BCUT2D eigenvalue weighted by atomic mass is 9.97. The molecule has 1 saturated heterocycles. The van der Waals surface area contributed by atoms with Crippen LogP contribution in [0.25, 0.3) is 0 Å².